The Hall–Kier alpha value is -3.41. The minimum atomic E-state index is 0.115. The van der Waals surface area contributed by atoms with Crippen LogP contribution in [0, 0.1) is 5.92 Å². The van der Waals surface area contributed by atoms with Crippen LogP contribution in [0.4, 0.5) is 5.69 Å². The third kappa shape index (κ3) is 4.28. The zero-order valence-electron chi connectivity index (χ0n) is 15.6. The molecule has 1 amide bonds. The van der Waals surface area contributed by atoms with E-state index in [0.29, 0.717) is 23.9 Å². The molecule has 0 atom stereocenters. The molecule has 0 radical (unpaired) electrons. The smallest absolute Gasteiger partial charge is 0.230 e. The highest BCUT2D eigenvalue weighted by atomic mass is 16.5. The van der Waals surface area contributed by atoms with Crippen LogP contribution in [-0.2, 0) is 11.3 Å². The molecule has 0 N–H and O–H groups in total. The van der Waals surface area contributed by atoms with E-state index in [0.717, 1.165) is 24.1 Å². The van der Waals surface area contributed by atoms with E-state index >= 15 is 0 Å². The van der Waals surface area contributed by atoms with E-state index in [1.54, 1.807) is 42.7 Å². The molecular formula is C22H21N3O3. The summed E-state index contributed by atoms with van der Waals surface area (Å²) in [5.74, 6) is 2.06. The Morgan fingerprint density at radius 3 is 2.64 bits per heavy atom. The first kappa shape index (κ1) is 18.0. The lowest BCUT2D eigenvalue weighted by Crippen LogP contribution is -2.31. The first-order chi connectivity index (χ1) is 13.7. The average molecular weight is 375 g/mol. The fourth-order valence-corrected chi connectivity index (χ4v) is 2.90. The molecule has 28 heavy (non-hydrogen) atoms. The molecule has 1 aliphatic carbocycles. The number of hydrogen-bond donors (Lipinski definition) is 0. The summed E-state index contributed by atoms with van der Waals surface area (Å²) in [7, 11) is 1.61. The molecule has 142 valence electrons. The molecule has 1 aromatic carbocycles. The van der Waals surface area contributed by atoms with Crippen molar-refractivity contribution in [3.8, 4) is 17.4 Å². The zero-order valence-corrected chi connectivity index (χ0v) is 15.6. The molecule has 1 aliphatic rings. The quantitative estimate of drug-likeness (QED) is 0.619. The summed E-state index contributed by atoms with van der Waals surface area (Å²) in [6.07, 6.45) is 7.08. The van der Waals surface area contributed by atoms with Gasteiger partial charge in [0, 0.05) is 30.4 Å². The van der Waals surface area contributed by atoms with E-state index in [4.69, 9.17) is 9.47 Å². The maximum Gasteiger partial charge on any atom is 0.230 e. The second-order valence-corrected chi connectivity index (χ2v) is 6.70. The number of nitrogens with zero attached hydrogens (tertiary/aromatic N) is 3. The van der Waals surface area contributed by atoms with Gasteiger partial charge >= 0.3 is 0 Å². The van der Waals surface area contributed by atoms with E-state index in [-0.39, 0.29) is 11.8 Å². The van der Waals surface area contributed by atoms with Crippen molar-refractivity contribution in [2.24, 2.45) is 5.92 Å². The Bertz CT molecular complexity index is 941. The number of amides is 1. The normalized spacial score (nSPS) is 13.0. The molecule has 6 heteroatoms. The van der Waals surface area contributed by atoms with Crippen LogP contribution in [0.25, 0.3) is 0 Å². The van der Waals surface area contributed by atoms with Crippen molar-refractivity contribution in [2.75, 3.05) is 12.0 Å². The van der Waals surface area contributed by atoms with Gasteiger partial charge in [-0.15, -0.1) is 0 Å². The predicted octanol–water partition coefficient (Wildman–Crippen LogP) is 4.22. The van der Waals surface area contributed by atoms with Crippen molar-refractivity contribution in [1.29, 1.82) is 0 Å². The Labute approximate surface area is 163 Å². The summed E-state index contributed by atoms with van der Waals surface area (Å²) >= 11 is 0. The summed E-state index contributed by atoms with van der Waals surface area (Å²) in [4.78, 5) is 23.1. The number of methoxy groups -OCH3 is 1. The van der Waals surface area contributed by atoms with Gasteiger partial charge in [-0.25, -0.2) is 4.98 Å². The Balaban J connectivity index is 1.52. The second-order valence-electron chi connectivity index (χ2n) is 6.70. The molecule has 6 nitrogen and oxygen atoms in total. The van der Waals surface area contributed by atoms with Gasteiger partial charge < -0.3 is 14.4 Å². The van der Waals surface area contributed by atoms with Gasteiger partial charge in [0.1, 0.15) is 11.5 Å². The molecule has 0 saturated heterocycles. The lowest BCUT2D eigenvalue weighted by molar-refractivity contribution is -0.119. The van der Waals surface area contributed by atoms with Crippen molar-refractivity contribution in [2.45, 2.75) is 19.4 Å². The molecule has 4 rings (SSSR count). The van der Waals surface area contributed by atoms with Crippen molar-refractivity contribution in [1.82, 2.24) is 9.97 Å². The van der Waals surface area contributed by atoms with Crippen LogP contribution < -0.4 is 14.4 Å². The summed E-state index contributed by atoms with van der Waals surface area (Å²) in [5.41, 5.74) is 1.73. The molecule has 2 aromatic heterocycles. The minimum Gasteiger partial charge on any atom is -0.497 e. The average Bonchev–Trinajstić information content (AvgIpc) is 3.59. The topological polar surface area (TPSA) is 64.6 Å². The molecule has 0 bridgehead atoms. The molecule has 0 spiro atoms. The number of carbonyl (C=O) groups is 1. The summed E-state index contributed by atoms with van der Waals surface area (Å²) in [6, 6.07) is 14.8. The molecule has 0 aliphatic heterocycles. The van der Waals surface area contributed by atoms with E-state index in [1.165, 1.54) is 0 Å². The predicted molar refractivity (Wildman–Crippen MR) is 105 cm³/mol. The van der Waals surface area contributed by atoms with Crippen LogP contribution >= 0.6 is 0 Å². The standard InChI is InChI=1S/C22H21N3O3/c1-27-19-5-2-6-20(12-19)28-21-10-9-18(14-24-21)25(22(26)17-7-8-17)15-16-4-3-11-23-13-16/h2-6,9-14,17H,7-8,15H2,1H3. The highest BCUT2D eigenvalue weighted by molar-refractivity contribution is 5.96. The lowest BCUT2D eigenvalue weighted by Gasteiger charge is -2.22. The maximum atomic E-state index is 12.8. The Kier molecular flexibility index (Phi) is 5.19. The monoisotopic (exact) mass is 375 g/mol. The van der Waals surface area contributed by atoms with Crippen molar-refractivity contribution in [3.05, 3.63) is 72.7 Å². The lowest BCUT2D eigenvalue weighted by atomic mass is 10.2. The number of aromatic nitrogens is 2. The maximum absolute atomic E-state index is 12.8. The van der Waals surface area contributed by atoms with Gasteiger partial charge in [0.15, 0.2) is 0 Å². The number of carbonyl (C=O) groups excluding carboxylic acids is 1. The van der Waals surface area contributed by atoms with E-state index < -0.39 is 0 Å². The number of anilines is 1. The second kappa shape index (κ2) is 8.08. The molecule has 0 unspecified atom stereocenters. The van der Waals surface area contributed by atoms with E-state index in [9.17, 15) is 4.79 Å². The van der Waals surface area contributed by atoms with Gasteiger partial charge in [-0.1, -0.05) is 12.1 Å². The van der Waals surface area contributed by atoms with Crippen LogP contribution in [0.5, 0.6) is 17.4 Å². The van der Waals surface area contributed by atoms with Crippen LogP contribution in [0.2, 0.25) is 0 Å². The zero-order chi connectivity index (χ0) is 19.3. The molecule has 2 heterocycles. The van der Waals surface area contributed by atoms with Gasteiger partial charge in [0.2, 0.25) is 11.8 Å². The highest BCUT2D eigenvalue weighted by Crippen LogP contribution is 2.34. The van der Waals surface area contributed by atoms with E-state index in [1.807, 2.05) is 36.4 Å². The van der Waals surface area contributed by atoms with Gasteiger partial charge in [-0.2, -0.15) is 0 Å². The van der Waals surface area contributed by atoms with Gasteiger partial charge in [-0.05, 0) is 42.7 Å². The summed E-state index contributed by atoms with van der Waals surface area (Å²) in [6.45, 7) is 0.473. The van der Waals surface area contributed by atoms with Crippen LogP contribution in [0.15, 0.2) is 67.1 Å². The number of hydrogen-bond acceptors (Lipinski definition) is 5. The number of rotatable bonds is 7. The number of ether oxygens (including phenoxy) is 2. The minimum absolute atomic E-state index is 0.115. The summed E-state index contributed by atoms with van der Waals surface area (Å²) < 4.78 is 11.0. The fraction of sp³-hybridized carbons (Fsp3) is 0.227. The van der Waals surface area contributed by atoms with Gasteiger partial charge in [0.05, 0.1) is 25.5 Å². The van der Waals surface area contributed by atoms with Crippen LogP contribution in [0.1, 0.15) is 18.4 Å². The van der Waals surface area contributed by atoms with Crippen molar-refractivity contribution >= 4 is 11.6 Å². The molecule has 1 fully saturated rings. The van der Waals surface area contributed by atoms with Gasteiger partial charge in [-0.3, -0.25) is 9.78 Å². The molecular weight excluding hydrogens is 354 g/mol. The SMILES string of the molecule is COc1cccc(Oc2ccc(N(Cc3cccnc3)C(=O)C3CC3)cn2)c1. The van der Waals surface area contributed by atoms with E-state index in [2.05, 4.69) is 9.97 Å². The van der Waals surface area contributed by atoms with Crippen molar-refractivity contribution < 1.29 is 14.3 Å². The molecule has 1 saturated carbocycles. The Morgan fingerprint density at radius 2 is 1.96 bits per heavy atom. The van der Waals surface area contributed by atoms with Crippen LogP contribution in [-0.4, -0.2) is 23.0 Å². The summed E-state index contributed by atoms with van der Waals surface area (Å²) in [5, 5.41) is 0. The fourth-order valence-electron chi connectivity index (χ4n) is 2.90. The number of pyridine rings is 2. The van der Waals surface area contributed by atoms with Crippen molar-refractivity contribution in [3.63, 3.8) is 0 Å². The van der Waals surface area contributed by atoms with Crippen LogP contribution in [0.3, 0.4) is 0 Å². The Morgan fingerprint density at radius 1 is 1.11 bits per heavy atom. The molecule has 3 aromatic rings. The third-order valence-electron chi connectivity index (χ3n) is 4.55. The largest absolute Gasteiger partial charge is 0.497 e. The van der Waals surface area contributed by atoms with Gasteiger partial charge in [0.25, 0.3) is 0 Å². The third-order valence-corrected chi connectivity index (χ3v) is 4.55. The number of benzene rings is 1. The first-order valence-electron chi connectivity index (χ1n) is 9.21. The first-order valence-corrected chi connectivity index (χ1v) is 9.21. The highest BCUT2D eigenvalue weighted by Gasteiger charge is 2.34.